The van der Waals surface area contributed by atoms with E-state index in [2.05, 4.69) is 10.3 Å². The number of nitro groups is 1. The van der Waals surface area contributed by atoms with Gasteiger partial charge in [-0.25, -0.2) is 9.78 Å². The first-order valence-corrected chi connectivity index (χ1v) is 4.12. The van der Waals surface area contributed by atoms with E-state index in [1.165, 1.54) is 12.3 Å². The van der Waals surface area contributed by atoms with Crippen molar-refractivity contribution in [3.8, 4) is 0 Å². The fourth-order valence-electron chi connectivity index (χ4n) is 0.961. The van der Waals surface area contributed by atoms with E-state index in [-0.39, 0.29) is 0 Å². The zero-order chi connectivity index (χ0) is 11.3. The highest BCUT2D eigenvalue weighted by Gasteiger charge is 2.23. The largest absolute Gasteiger partial charge is 0.480 e. The number of anilines is 1. The van der Waals surface area contributed by atoms with Crippen molar-refractivity contribution >= 4 is 11.8 Å². The van der Waals surface area contributed by atoms with Gasteiger partial charge in [0.25, 0.3) is 0 Å². The molecular formula is C8H9N3O4. The quantitative estimate of drug-likeness (QED) is 0.533. The van der Waals surface area contributed by atoms with Crippen LogP contribution in [0.5, 0.6) is 0 Å². The topological polar surface area (TPSA) is 105 Å². The molecule has 15 heavy (non-hydrogen) atoms. The average Bonchev–Trinajstić information content (AvgIpc) is 2.17. The van der Waals surface area contributed by atoms with Crippen molar-refractivity contribution in [1.29, 1.82) is 0 Å². The van der Waals surface area contributed by atoms with Crippen molar-refractivity contribution in [1.82, 2.24) is 4.98 Å². The normalized spacial score (nSPS) is 11.7. The first-order chi connectivity index (χ1) is 7.09. The zero-order valence-corrected chi connectivity index (χ0v) is 7.66. The minimum atomic E-state index is -1.28. The summed E-state index contributed by atoms with van der Waals surface area (Å²) in [5.74, 6) is -0.982. The van der Waals surface area contributed by atoms with Crippen molar-refractivity contribution in [2.24, 2.45) is 0 Å². The summed E-state index contributed by atoms with van der Waals surface area (Å²) in [7, 11) is 0. The molecule has 0 bridgehead atoms. The van der Waals surface area contributed by atoms with Crippen molar-refractivity contribution < 1.29 is 14.8 Å². The van der Waals surface area contributed by atoms with Crippen LogP contribution in [-0.2, 0) is 4.79 Å². The summed E-state index contributed by atoms with van der Waals surface area (Å²) in [5, 5.41) is 21.3. The van der Waals surface area contributed by atoms with Gasteiger partial charge in [-0.1, -0.05) is 6.07 Å². The van der Waals surface area contributed by atoms with Crippen molar-refractivity contribution in [2.45, 2.75) is 6.04 Å². The Morgan fingerprint density at radius 2 is 2.40 bits per heavy atom. The minimum absolute atomic E-state index is 0.298. The number of hydrogen-bond acceptors (Lipinski definition) is 5. The SMILES string of the molecule is O=C(O)[C@H](C[N+](=O)[O-])Nc1ccccn1. The van der Waals surface area contributed by atoms with Crippen LogP contribution in [0, 0.1) is 10.1 Å². The van der Waals surface area contributed by atoms with Crippen LogP contribution < -0.4 is 5.32 Å². The molecule has 1 rings (SSSR count). The van der Waals surface area contributed by atoms with Crippen LogP contribution in [0.3, 0.4) is 0 Å². The van der Waals surface area contributed by atoms with Gasteiger partial charge in [-0.3, -0.25) is 10.1 Å². The summed E-state index contributed by atoms with van der Waals surface area (Å²) < 4.78 is 0. The second kappa shape index (κ2) is 4.89. The van der Waals surface area contributed by atoms with E-state index in [0.717, 1.165) is 0 Å². The fraction of sp³-hybridized carbons (Fsp3) is 0.250. The number of pyridine rings is 1. The molecule has 7 heteroatoms. The molecule has 0 radical (unpaired) electrons. The van der Waals surface area contributed by atoms with Gasteiger partial charge in [-0.15, -0.1) is 0 Å². The summed E-state index contributed by atoms with van der Waals surface area (Å²) in [4.78, 5) is 24.0. The highest BCUT2D eigenvalue weighted by atomic mass is 16.6. The van der Waals surface area contributed by atoms with Crippen molar-refractivity contribution in [3.63, 3.8) is 0 Å². The van der Waals surface area contributed by atoms with E-state index >= 15 is 0 Å². The van der Waals surface area contributed by atoms with Crippen molar-refractivity contribution in [3.05, 3.63) is 34.5 Å². The summed E-state index contributed by atoms with van der Waals surface area (Å²) >= 11 is 0. The monoisotopic (exact) mass is 211 g/mol. The number of rotatable bonds is 5. The number of aromatic nitrogens is 1. The second-order valence-corrected chi connectivity index (χ2v) is 2.77. The minimum Gasteiger partial charge on any atom is -0.480 e. The number of hydrogen-bond donors (Lipinski definition) is 2. The molecule has 0 amide bonds. The zero-order valence-electron chi connectivity index (χ0n) is 7.66. The van der Waals surface area contributed by atoms with Crippen LogP contribution in [0.4, 0.5) is 5.82 Å². The number of carboxylic acid groups (broad SMARTS) is 1. The van der Waals surface area contributed by atoms with Gasteiger partial charge in [0, 0.05) is 11.1 Å². The molecule has 2 N–H and O–H groups in total. The molecule has 0 aliphatic carbocycles. The summed E-state index contributed by atoms with van der Waals surface area (Å²) in [5.41, 5.74) is 0. The number of nitrogens with one attached hydrogen (secondary N) is 1. The number of carboxylic acids is 1. The Labute approximate surface area is 84.9 Å². The Bertz CT molecular complexity index is 354. The van der Waals surface area contributed by atoms with E-state index in [1.54, 1.807) is 12.1 Å². The lowest BCUT2D eigenvalue weighted by molar-refractivity contribution is -0.480. The molecule has 1 heterocycles. The van der Waals surface area contributed by atoms with Crippen LogP contribution in [-0.4, -0.2) is 33.6 Å². The summed E-state index contributed by atoms with van der Waals surface area (Å²) in [6.45, 7) is -0.689. The molecule has 0 unspecified atom stereocenters. The van der Waals surface area contributed by atoms with Gasteiger partial charge < -0.3 is 10.4 Å². The van der Waals surface area contributed by atoms with Gasteiger partial charge in [0.05, 0.1) is 0 Å². The molecule has 1 atom stereocenters. The van der Waals surface area contributed by atoms with Gasteiger partial charge in [0.2, 0.25) is 6.54 Å². The van der Waals surface area contributed by atoms with Crippen LogP contribution >= 0.6 is 0 Å². The maximum Gasteiger partial charge on any atom is 0.333 e. The van der Waals surface area contributed by atoms with Gasteiger partial charge in [-0.2, -0.15) is 0 Å². The molecule has 0 aromatic carbocycles. The van der Waals surface area contributed by atoms with E-state index in [4.69, 9.17) is 5.11 Å². The third kappa shape index (κ3) is 3.59. The molecule has 0 spiro atoms. The number of nitrogens with zero attached hydrogens (tertiary/aromatic N) is 2. The Balaban J connectivity index is 2.67. The first-order valence-electron chi connectivity index (χ1n) is 4.12. The van der Waals surface area contributed by atoms with E-state index in [1.807, 2.05) is 0 Å². The standard InChI is InChI=1S/C8H9N3O4/c12-8(13)6(5-11(14)15)10-7-3-1-2-4-9-7/h1-4,6H,5H2,(H,9,10)(H,12,13)/t6-/m0/s1. The lowest BCUT2D eigenvalue weighted by Gasteiger charge is -2.10. The molecule has 0 aliphatic heterocycles. The molecule has 0 saturated heterocycles. The van der Waals surface area contributed by atoms with Crippen LogP contribution in [0.25, 0.3) is 0 Å². The molecular weight excluding hydrogens is 202 g/mol. The third-order valence-corrected chi connectivity index (χ3v) is 1.62. The van der Waals surface area contributed by atoms with Crippen LogP contribution in [0.15, 0.2) is 24.4 Å². The number of carbonyl (C=O) groups is 1. The lowest BCUT2D eigenvalue weighted by Crippen LogP contribution is -2.36. The maximum atomic E-state index is 10.6. The molecule has 80 valence electrons. The molecule has 0 fully saturated rings. The average molecular weight is 211 g/mol. The van der Waals surface area contributed by atoms with E-state index in [0.29, 0.717) is 5.82 Å². The second-order valence-electron chi connectivity index (χ2n) is 2.77. The van der Waals surface area contributed by atoms with E-state index < -0.39 is 23.5 Å². The Morgan fingerprint density at radius 3 is 2.87 bits per heavy atom. The highest BCUT2D eigenvalue weighted by molar-refractivity contribution is 5.76. The third-order valence-electron chi connectivity index (χ3n) is 1.62. The van der Waals surface area contributed by atoms with Gasteiger partial charge in [0.15, 0.2) is 6.04 Å². The molecule has 0 saturated carbocycles. The maximum absolute atomic E-state index is 10.6. The lowest BCUT2D eigenvalue weighted by atomic mass is 10.3. The van der Waals surface area contributed by atoms with Crippen molar-refractivity contribution in [2.75, 3.05) is 11.9 Å². The summed E-state index contributed by atoms with van der Waals surface area (Å²) in [6, 6.07) is 3.58. The van der Waals surface area contributed by atoms with E-state index in [9.17, 15) is 14.9 Å². The molecule has 1 aromatic heterocycles. The smallest absolute Gasteiger partial charge is 0.333 e. The predicted molar refractivity (Wildman–Crippen MR) is 51.1 cm³/mol. The molecule has 0 aliphatic rings. The Hall–Kier alpha value is -2.18. The molecule has 7 nitrogen and oxygen atoms in total. The highest BCUT2D eigenvalue weighted by Crippen LogP contribution is 2.03. The Morgan fingerprint density at radius 1 is 1.67 bits per heavy atom. The van der Waals surface area contributed by atoms with Gasteiger partial charge in [-0.05, 0) is 12.1 Å². The first kappa shape index (κ1) is 10.9. The predicted octanol–water partition coefficient (Wildman–Crippen LogP) is 0.223. The van der Waals surface area contributed by atoms with Gasteiger partial charge in [0.1, 0.15) is 5.82 Å². The molecule has 1 aromatic rings. The van der Waals surface area contributed by atoms with Gasteiger partial charge >= 0.3 is 5.97 Å². The van der Waals surface area contributed by atoms with Crippen LogP contribution in [0.1, 0.15) is 0 Å². The Kier molecular flexibility index (Phi) is 3.55. The van der Waals surface area contributed by atoms with Crippen LogP contribution in [0.2, 0.25) is 0 Å². The fourth-order valence-corrected chi connectivity index (χ4v) is 0.961. The summed E-state index contributed by atoms with van der Waals surface area (Å²) in [6.07, 6.45) is 1.47. The number of aliphatic carboxylic acids is 1.